The molecule has 0 amide bonds. The van der Waals surface area contributed by atoms with Gasteiger partial charge in [-0.3, -0.25) is 9.59 Å². The molecule has 0 aromatic heterocycles. The SMILES string of the molecule is CC(C)C(=O)C(Cc1ccccc1)C(=O)O. The molecule has 1 aromatic rings. The van der Waals surface area contributed by atoms with Crippen molar-refractivity contribution in [1.29, 1.82) is 0 Å². The normalized spacial score (nSPS) is 12.4. The van der Waals surface area contributed by atoms with Crippen LogP contribution in [0.15, 0.2) is 30.3 Å². The molecule has 1 rings (SSSR count). The predicted octanol–water partition coefficient (Wildman–Crippen LogP) is 2.15. The first-order valence-corrected chi connectivity index (χ1v) is 5.33. The maximum Gasteiger partial charge on any atom is 0.314 e. The Kier molecular flexibility index (Phi) is 4.23. The fraction of sp³-hybridized carbons (Fsp3) is 0.385. The summed E-state index contributed by atoms with van der Waals surface area (Å²) in [6, 6.07) is 9.22. The van der Waals surface area contributed by atoms with E-state index in [0.717, 1.165) is 5.56 Å². The summed E-state index contributed by atoms with van der Waals surface area (Å²) in [5.74, 6) is -2.42. The van der Waals surface area contributed by atoms with Crippen molar-refractivity contribution in [3.05, 3.63) is 35.9 Å². The molecule has 0 fully saturated rings. The van der Waals surface area contributed by atoms with Crippen molar-refractivity contribution >= 4 is 11.8 Å². The topological polar surface area (TPSA) is 54.4 Å². The molecule has 0 saturated heterocycles. The molecule has 1 aromatic carbocycles. The van der Waals surface area contributed by atoms with Crippen molar-refractivity contribution < 1.29 is 14.7 Å². The van der Waals surface area contributed by atoms with Crippen LogP contribution >= 0.6 is 0 Å². The van der Waals surface area contributed by atoms with Gasteiger partial charge in [-0.1, -0.05) is 44.2 Å². The number of carbonyl (C=O) groups is 2. The molecule has 0 radical (unpaired) electrons. The molecular weight excluding hydrogens is 204 g/mol. The number of Topliss-reactive ketones (excluding diaryl/α,β-unsaturated/α-hetero) is 1. The predicted molar refractivity (Wildman–Crippen MR) is 61.1 cm³/mol. The number of carbonyl (C=O) groups excluding carboxylic acids is 1. The van der Waals surface area contributed by atoms with E-state index in [1.807, 2.05) is 30.3 Å². The second-order valence-corrected chi connectivity index (χ2v) is 4.14. The van der Waals surface area contributed by atoms with Crippen molar-refractivity contribution in [3.8, 4) is 0 Å². The molecule has 1 N–H and O–H groups in total. The van der Waals surface area contributed by atoms with E-state index in [1.165, 1.54) is 0 Å². The Balaban J connectivity index is 2.81. The van der Waals surface area contributed by atoms with Crippen LogP contribution < -0.4 is 0 Å². The maximum absolute atomic E-state index is 11.7. The molecule has 1 unspecified atom stereocenters. The van der Waals surface area contributed by atoms with Gasteiger partial charge in [0.1, 0.15) is 11.7 Å². The lowest BCUT2D eigenvalue weighted by atomic mass is 9.90. The molecular formula is C13H16O3. The van der Waals surface area contributed by atoms with Crippen LogP contribution in [0.4, 0.5) is 0 Å². The van der Waals surface area contributed by atoms with Crippen LogP contribution in [-0.4, -0.2) is 16.9 Å². The molecule has 0 saturated carbocycles. The second kappa shape index (κ2) is 5.45. The van der Waals surface area contributed by atoms with Gasteiger partial charge in [0.15, 0.2) is 0 Å². The number of aliphatic carboxylic acids is 1. The summed E-state index contributed by atoms with van der Waals surface area (Å²) >= 11 is 0. The number of carboxylic acid groups (broad SMARTS) is 1. The van der Waals surface area contributed by atoms with Gasteiger partial charge in [0.05, 0.1) is 0 Å². The Bertz CT molecular complexity index is 368. The van der Waals surface area contributed by atoms with E-state index in [2.05, 4.69) is 0 Å². The number of hydrogen-bond acceptors (Lipinski definition) is 2. The lowest BCUT2D eigenvalue weighted by Crippen LogP contribution is -2.29. The average Bonchev–Trinajstić information content (AvgIpc) is 2.26. The van der Waals surface area contributed by atoms with E-state index in [-0.39, 0.29) is 18.1 Å². The highest BCUT2D eigenvalue weighted by Crippen LogP contribution is 2.14. The second-order valence-electron chi connectivity index (χ2n) is 4.14. The van der Waals surface area contributed by atoms with E-state index in [1.54, 1.807) is 13.8 Å². The first kappa shape index (κ1) is 12.4. The molecule has 0 heterocycles. The van der Waals surface area contributed by atoms with Crippen LogP contribution in [0.25, 0.3) is 0 Å². The van der Waals surface area contributed by atoms with Gasteiger partial charge in [-0.2, -0.15) is 0 Å². The molecule has 0 aliphatic heterocycles. The number of hydrogen-bond donors (Lipinski definition) is 1. The monoisotopic (exact) mass is 220 g/mol. The van der Waals surface area contributed by atoms with Crippen LogP contribution in [0, 0.1) is 11.8 Å². The summed E-state index contributed by atoms with van der Waals surface area (Å²) in [5.41, 5.74) is 0.879. The zero-order valence-corrected chi connectivity index (χ0v) is 9.51. The minimum absolute atomic E-state index is 0.212. The largest absolute Gasteiger partial charge is 0.481 e. The highest BCUT2D eigenvalue weighted by Gasteiger charge is 2.27. The number of ketones is 1. The van der Waals surface area contributed by atoms with Crippen LogP contribution in [-0.2, 0) is 16.0 Å². The third kappa shape index (κ3) is 3.19. The molecule has 0 aliphatic carbocycles. The van der Waals surface area contributed by atoms with Crippen LogP contribution in [0.1, 0.15) is 19.4 Å². The highest BCUT2D eigenvalue weighted by molar-refractivity contribution is 5.99. The molecule has 1 atom stereocenters. The Morgan fingerprint density at radius 1 is 1.19 bits per heavy atom. The average molecular weight is 220 g/mol. The third-order valence-electron chi connectivity index (χ3n) is 2.49. The number of carboxylic acids is 1. The molecule has 3 heteroatoms. The maximum atomic E-state index is 11.7. The Hall–Kier alpha value is -1.64. The van der Waals surface area contributed by atoms with E-state index < -0.39 is 11.9 Å². The van der Waals surface area contributed by atoms with E-state index in [9.17, 15) is 9.59 Å². The van der Waals surface area contributed by atoms with Crippen molar-refractivity contribution in [2.75, 3.05) is 0 Å². The minimum Gasteiger partial charge on any atom is -0.481 e. The Morgan fingerprint density at radius 3 is 2.19 bits per heavy atom. The summed E-state index contributed by atoms with van der Waals surface area (Å²) in [6.45, 7) is 3.45. The fourth-order valence-corrected chi connectivity index (χ4v) is 1.56. The van der Waals surface area contributed by atoms with Crippen molar-refractivity contribution in [2.24, 2.45) is 11.8 Å². The van der Waals surface area contributed by atoms with Gasteiger partial charge in [0.25, 0.3) is 0 Å². The van der Waals surface area contributed by atoms with Crippen LogP contribution in [0.3, 0.4) is 0 Å². The van der Waals surface area contributed by atoms with E-state index in [4.69, 9.17) is 5.11 Å². The van der Waals surface area contributed by atoms with Gasteiger partial charge in [0.2, 0.25) is 0 Å². The van der Waals surface area contributed by atoms with Crippen LogP contribution in [0.5, 0.6) is 0 Å². The van der Waals surface area contributed by atoms with Gasteiger partial charge in [-0.05, 0) is 12.0 Å². The lowest BCUT2D eigenvalue weighted by molar-refractivity contribution is -0.147. The molecule has 0 aliphatic rings. The molecule has 86 valence electrons. The molecule has 16 heavy (non-hydrogen) atoms. The first-order chi connectivity index (χ1) is 7.52. The zero-order chi connectivity index (χ0) is 12.1. The summed E-state index contributed by atoms with van der Waals surface area (Å²) in [6.07, 6.45) is 0.271. The highest BCUT2D eigenvalue weighted by atomic mass is 16.4. The summed E-state index contributed by atoms with van der Waals surface area (Å²) < 4.78 is 0. The van der Waals surface area contributed by atoms with E-state index in [0.29, 0.717) is 0 Å². The van der Waals surface area contributed by atoms with Gasteiger partial charge >= 0.3 is 5.97 Å². The number of rotatable bonds is 5. The van der Waals surface area contributed by atoms with Crippen LogP contribution in [0.2, 0.25) is 0 Å². The summed E-state index contributed by atoms with van der Waals surface area (Å²) in [7, 11) is 0. The molecule has 3 nitrogen and oxygen atoms in total. The minimum atomic E-state index is -1.04. The summed E-state index contributed by atoms with van der Waals surface area (Å²) in [4.78, 5) is 22.7. The summed E-state index contributed by atoms with van der Waals surface area (Å²) in [5, 5.41) is 9.03. The van der Waals surface area contributed by atoms with Gasteiger partial charge in [-0.25, -0.2) is 0 Å². The molecule has 0 spiro atoms. The smallest absolute Gasteiger partial charge is 0.314 e. The van der Waals surface area contributed by atoms with Gasteiger partial charge < -0.3 is 5.11 Å². The fourth-order valence-electron chi connectivity index (χ4n) is 1.56. The van der Waals surface area contributed by atoms with Crippen molar-refractivity contribution in [1.82, 2.24) is 0 Å². The van der Waals surface area contributed by atoms with Gasteiger partial charge in [0, 0.05) is 5.92 Å². The quantitative estimate of drug-likeness (QED) is 0.773. The third-order valence-corrected chi connectivity index (χ3v) is 2.49. The van der Waals surface area contributed by atoms with Crippen molar-refractivity contribution in [2.45, 2.75) is 20.3 Å². The van der Waals surface area contributed by atoms with Crippen molar-refractivity contribution in [3.63, 3.8) is 0 Å². The Morgan fingerprint density at radius 2 is 1.75 bits per heavy atom. The van der Waals surface area contributed by atoms with E-state index >= 15 is 0 Å². The standard InChI is InChI=1S/C13H16O3/c1-9(2)12(14)11(13(15)16)8-10-6-4-3-5-7-10/h3-7,9,11H,8H2,1-2H3,(H,15,16). The zero-order valence-electron chi connectivity index (χ0n) is 9.51. The number of benzene rings is 1. The lowest BCUT2D eigenvalue weighted by Gasteiger charge is -2.13. The molecule has 0 bridgehead atoms. The van der Waals surface area contributed by atoms with Gasteiger partial charge in [-0.15, -0.1) is 0 Å². The Labute approximate surface area is 95.1 Å². The first-order valence-electron chi connectivity index (χ1n) is 5.33.